The molecule has 3 aromatic heterocycles. The van der Waals surface area contributed by atoms with Crippen LogP contribution in [0.5, 0.6) is 0 Å². The van der Waals surface area contributed by atoms with E-state index >= 15 is 0 Å². The first-order chi connectivity index (χ1) is 19.3. The molecule has 0 unspecified atom stereocenters. The summed E-state index contributed by atoms with van der Waals surface area (Å²) >= 11 is 0. The van der Waals surface area contributed by atoms with Crippen LogP contribution in [0.15, 0.2) is 138 Å². The lowest BCUT2D eigenvalue weighted by molar-refractivity contribution is 0.669. The molecule has 0 bridgehead atoms. The lowest BCUT2D eigenvalue weighted by atomic mass is 10.1. The van der Waals surface area contributed by atoms with E-state index in [4.69, 9.17) is 4.42 Å². The van der Waals surface area contributed by atoms with Gasteiger partial charge in [-0.2, -0.15) is 0 Å². The van der Waals surface area contributed by atoms with Crippen LogP contribution in [0.2, 0.25) is 0 Å². The van der Waals surface area contributed by atoms with E-state index in [-0.39, 0.29) is 7.43 Å². The maximum absolute atomic E-state index is 6.12. The van der Waals surface area contributed by atoms with Crippen molar-refractivity contribution >= 4 is 65.6 Å². The molecule has 0 spiro atoms. The predicted octanol–water partition coefficient (Wildman–Crippen LogP) is 10.4. The van der Waals surface area contributed by atoms with E-state index in [0.717, 1.165) is 27.6 Å². The van der Waals surface area contributed by atoms with Gasteiger partial charge in [-0.1, -0.05) is 80.2 Å². The summed E-state index contributed by atoms with van der Waals surface area (Å²) in [5, 5.41) is 7.31. The molecule has 0 saturated heterocycles. The van der Waals surface area contributed by atoms with Gasteiger partial charge in [0, 0.05) is 43.7 Å². The van der Waals surface area contributed by atoms with Gasteiger partial charge in [0.2, 0.25) is 0 Å². The quantitative estimate of drug-likeness (QED) is 0.225. The second kappa shape index (κ2) is 8.36. The molecule has 0 saturated carbocycles. The molecule has 3 heterocycles. The number of para-hydroxylation sites is 4. The van der Waals surface area contributed by atoms with Crippen LogP contribution in [0.4, 0.5) is 0 Å². The van der Waals surface area contributed by atoms with Crippen molar-refractivity contribution in [1.29, 1.82) is 0 Å². The van der Waals surface area contributed by atoms with Gasteiger partial charge in [0.15, 0.2) is 0 Å². The first-order valence-corrected chi connectivity index (χ1v) is 13.3. The van der Waals surface area contributed by atoms with Crippen LogP contribution in [0.25, 0.3) is 76.9 Å². The number of hydrogen-bond donors (Lipinski definition) is 0. The molecule has 190 valence electrons. The molecule has 0 aliphatic carbocycles. The van der Waals surface area contributed by atoms with Crippen LogP contribution in [-0.4, -0.2) is 9.13 Å². The number of aromatic nitrogens is 2. The Balaban J connectivity index is 0.00000245. The minimum Gasteiger partial charge on any atom is -0.456 e. The number of benzene rings is 6. The highest BCUT2D eigenvalue weighted by Crippen LogP contribution is 2.38. The smallest absolute Gasteiger partial charge is 0.135 e. The molecule has 0 aliphatic heterocycles. The van der Waals surface area contributed by atoms with E-state index < -0.39 is 0 Å². The Morgan fingerprint density at radius 1 is 0.350 bits per heavy atom. The molecule has 0 atom stereocenters. The van der Waals surface area contributed by atoms with Crippen LogP contribution in [0.3, 0.4) is 0 Å². The molecular formula is C37H26N2O. The van der Waals surface area contributed by atoms with Gasteiger partial charge < -0.3 is 13.6 Å². The van der Waals surface area contributed by atoms with Gasteiger partial charge >= 0.3 is 0 Å². The zero-order valence-corrected chi connectivity index (χ0v) is 21.0. The first kappa shape index (κ1) is 22.7. The van der Waals surface area contributed by atoms with Gasteiger partial charge in [-0.05, 0) is 60.7 Å². The number of nitrogens with zero attached hydrogens (tertiary/aromatic N) is 2. The maximum Gasteiger partial charge on any atom is 0.135 e. The molecule has 0 fully saturated rings. The summed E-state index contributed by atoms with van der Waals surface area (Å²) in [6, 6.07) is 47.7. The Morgan fingerprint density at radius 2 is 0.775 bits per heavy atom. The van der Waals surface area contributed by atoms with Gasteiger partial charge in [0.1, 0.15) is 11.2 Å². The van der Waals surface area contributed by atoms with E-state index in [9.17, 15) is 0 Å². The van der Waals surface area contributed by atoms with Gasteiger partial charge in [0.25, 0.3) is 0 Å². The van der Waals surface area contributed by atoms with Crippen molar-refractivity contribution in [2.24, 2.45) is 0 Å². The summed E-state index contributed by atoms with van der Waals surface area (Å²) in [5.41, 5.74) is 8.95. The minimum absolute atomic E-state index is 0. The Hall–Kier alpha value is -5.28. The van der Waals surface area contributed by atoms with E-state index in [1.807, 2.05) is 12.1 Å². The van der Waals surface area contributed by atoms with Gasteiger partial charge in [-0.3, -0.25) is 0 Å². The Bertz CT molecular complexity index is 2350. The number of furan rings is 1. The summed E-state index contributed by atoms with van der Waals surface area (Å²) in [7, 11) is 0. The van der Waals surface area contributed by atoms with Crippen LogP contribution >= 0.6 is 0 Å². The molecule has 9 rings (SSSR count). The highest BCUT2D eigenvalue weighted by molar-refractivity contribution is 6.13. The SMILES string of the molecule is C.c1ccc2c(c1)oc1ccc(-n3c4ccccc4c4cc(-n5c6ccccc6c6ccccc65)ccc43)cc12. The largest absolute Gasteiger partial charge is 0.456 e. The molecule has 3 heteroatoms. The fraction of sp³-hybridized carbons (Fsp3) is 0.0270. The number of rotatable bonds is 2. The van der Waals surface area contributed by atoms with Crippen molar-refractivity contribution in [2.45, 2.75) is 7.43 Å². The third-order valence-corrected chi connectivity index (χ3v) is 8.11. The molecule has 0 radical (unpaired) electrons. The highest BCUT2D eigenvalue weighted by Gasteiger charge is 2.17. The lowest BCUT2D eigenvalue weighted by Gasteiger charge is -2.10. The summed E-state index contributed by atoms with van der Waals surface area (Å²) in [4.78, 5) is 0. The second-order valence-electron chi connectivity index (χ2n) is 10.2. The third kappa shape index (κ3) is 3.00. The molecule has 3 nitrogen and oxygen atoms in total. The summed E-state index contributed by atoms with van der Waals surface area (Å²) in [6.07, 6.45) is 0. The van der Waals surface area contributed by atoms with Gasteiger partial charge in [0.05, 0.1) is 22.1 Å². The van der Waals surface area contributed by atoms with Crippen molar-refractivity contribution in [2.75, 3.05) is 0 Å². The number of fused-ring (bicyclic) bond motifs is 9. The average molecular weight is 515 g/mol. The summed E-state index contributed by atoms with van der Waals surface area (Å²) < 4.78 is 10.9. The summed E-state index contributed by atoms with van der Waals surface area (Å²) in [5.74, 6) is 0. The molecule has 9 aromatic rings. The molecule has 0 amide bonds. The van der Waals surface area contributed by atoms with Crippen LogP contribution < -0.4 is 0 Å². The molecule has 0 N–H and O–H groups in total. The van der Waals surface area contributed by atoms with E-state index in [2.05, 4.69) is 130 Å². The van der Waals surface area contributed by atoms with Crippen LogP contribution in [-0.2, 0) is 0 Å². The minimum atomic E-state index is 0. The van der Waals surface area contributed by atoms with Crippen molar-refractivity contribution in [3.63, 3.8) is 0 Å². The predicted molar refractivity (Wildman–Crippen MR) is 169 cm³/mol. The van der Waals surface area contributed by atoms with Crippen molar-refractivity contribution in [3.8, 4) is 11.4 Å². The monoisotopic (exact) mass is 514 g/mol. The lowest BCUT2D eigenvalue weighted by Crippen LogP contribution is -1.95. The van der Waals surface area contributed by atoms with Crippen LogP contribution in [0, 0.1) is 0 Å². The van der Waals surface area contributed by atoms with Crippen molar-refractivity contribution in [3.05, 3.63) is 133 Å². The average Bonchev–Trinajstić information content (AvgIpc) is 3.64. The molecule has 6 aromatic carbocycles. The zero-order valence-electron chi connectivity index (χ0n) is 21.0. The fourth-order valence-electron chi connectivity index (χ4n) is 6.43. The van der Waals surface area contributed by atoms with Gasteiger partial charge in [-0.15, -0.1) is 0 Å². The van der Waals surface area contributed by atoms with E-state index in [1.54, 1.807) is 0 Å². The molecule has 40 heavy (non-hydrogen) atoms. The van der Waals surface area contributed by atoms with Crippen molar-refractivity contribution in [1.82, 2.24) is 9.13 Å². The molecule has 0 aliphatic rings. The van der Waals surface area contributed by atoms with E-state index in [1.165, 1.54) is 49.3 Å². The normalized spacial score (nSPS) is 11.8. The Labute approximate surface area is 231 Å². The highest BCUT2D eigenvalue weighted by atomic mass is 16.3. The van der Waals surface area contributed by atoms with Gasteiger partial charge in [-0.25, -0.2) is 0 Å². The maximum atomic E-state index is 6.12. The fourth-order valence-corrected chi connectivity index (χ4v) is 6.43. The molecular weight excluding hydrogens is 488 g/mol. The zero-order chi connectivity index (χ0) is 25.5. The number of hydrogen-bond acceptors (Lipinski definition) is 1. The van der Waals surface area contributed by atoms with E-state index in [0.29, 0.717) is 0 Å². The summed E-state index contributed by atoms with van der Waals surface area (Å²) in [6.45, 7) is 0. The Kier molecular flexibility index (Phi) is 4.74. The standard InChI is InChI=1S/C36H22N2O.CH4/c1-5-13-31-25(9-1)26-10-2-6-14-32(26)37(31)23-17-19-34-29(21-23)27-11-3-7-15-33(27)38(34)24-18-20-36-30(22-24)28-12-4-8-16-35(28)39-36;/h1-22H;1H4. The topological polar surface area (TPSA) is 23.0 Å². The van der Waals surface area contributed by atoms with Crippen LogP contribution in [0.1, 0.15) is 7.43 Å². The van der Waals surface area contributed by atoms with Crippen molar-refractivity contribution < 1.29 is 4.42 Å². The second-order valence-corrected chi connectivity index (χ2v) is 10.2. The first-order valence-electron chi connectivity index (χ1n) is 13.3. The third-order valence-electron chi connectivity index (χ3n) is 8.11. The Morgan fingerprint density at radius 3 is 1.40 bits per heavy atom.